The lowest BCUT2D eigenvalue weighted by atomic mass is 10.2. The van der Waals surface area contributed by atoms with Gasteiger partial charge in [-0.25, -0.2) is 0 Å². The molecule has 0 aromatic carbocycles. The van der Waals surface area contributed by atoms with E-state index in [1.807, 2.05) is 0 Å². The predicted molar refractivity (Wildman–Crippen MR) is 59.3 cm³/mol. The van der Waals surface area contributed by atoms with Crippen LogP contribution in [0.25, 0.3) is 0 Å². The Kier molecular flexibility index (Phi) is 5.18. The first-order valence-electron chi connectivity index (χ1n) is 4.81. The fourth-order valence-corrected chi connectivity index (χ4v) is 1.45. The zero-order valence-electron chi connectivity index (χ0n) is 8.64. The average molecular weight is 245 g/mol. The third-order valence-corrected chi connectivity index (χ3v) is 2.35. The van der Waals surface area contributed by atoms with E-state index < -0.39 is 0 Å². The number of amides is 1. The number of hydrogen-bond acceptors (Lipinski definition) is 4. The molecule has 0 aliphatic rings. The normalized spacial score (nSPS) is 10.2. The van der Waals surface area contributed by atoms with Crippen LogP contribution in [0.2, 0.25) is 5.02 Å². The van der Waals surface area contributed by atoms with Gasteiger partial charge in [0.25, 0.3) is 5.91 Å². The molecule has 1 heterocycles. The zero-order valence-corrected chi connectivity index (χ0v) is 9.39. The second-order valence-corrected chi connectivity index (χ2v) is 3.50. The van der Waals surface area contributed by atoms with E-state index in [0.717, 1.165) is 0 Å². The molecule has 0 unspecified atom stereocenters. The van der Waals surface area contributed by atoms with Crippen LogP contribution >= 0.6 is 11.6 Å². The smallest absolute Gasteiger partial charge is 0.257 e. The Hall–Kier alpha value is -1.17. The quantitative estimate of drug-likeness (QED) is 0.774. The molecule has 0 fully saturated rings. The first-order chi connectivity index (χ1) is 7.70. The van der Waals surface area contributed by atoms with Crippen LogP contribution in [0.15, 0.2) is 18.5 Å². The minimum atomic E-state index is -0.346. The third kappa shape index (κ3) is 3.16. The summed E-state index contributed by atoms with van der Waals surface area (Å²) in [4.78, 5) is 17.1. The molecular weight excluding hydrogens is 232 g/mol. The lowest BCUT2D eigenvalue weighted by Crippen LogP contribution is -2.36. The summed E-state index contributed by atoms with van der Waals surface area (Å²) in [6.45, 7) is -0.0114. The van der Waals surface area contributed by atoms with Crippen LogP contribution in [0.3, 0.4) is 0 Å². The summed E-state index contributed by atoms with van der Waals surface area (Å²) in [6.07, 6.45) is 2.86. The minimum absolute atomic E-state index is 0.157. The molecule has 1 amide bonds. The highest BCUT2D eigenvalue weighted by atomic mass is 35.5. The van der Waals surface area contributed by atoms with Gasteiger partial charge in [0.2, 0.25) is 0 Å². The van der Waals surface area contributed by atoms with E-state index in [-0.39, 0.29) is 37.8 Å². The SMILES string of the molecule is O=C(c1cnccc1Cl)N(CCO)CCO. The van der Waals surface area contributed by atoms with Gasteiger partial charge in [-0.15, -0.1) is 0 Å². The Morgan fingerprint density at radius 1 is 1.38 bits per heavy atom. The molecule has 0 saturated carbocycles. The van der Waals surface area contributed by atoms with Gasteiger partial charge in [0.05, 0.1) is 23.8 Å². The first-order valence-corrected chi connectivity index (χ1v) is 5.19. The van der Waals surface area contributed by atoms with Crippen LogP contribution in [-0.2, 0) is 0 Å². The van der Waals surface area contributed by atoms with Crippen molar-refractivity contribution in [2.75, 3.05) is 26.3 Å². The number of rotatable bonds is 5. The molecule has 0 spiro atoms. The Balaban J connectivity index is 2.85. The second kappa shape index (κ2) is 6.42. The van der Waals surface area contributed by atoms with Gasteiger partial charge in [0, 0.05) is 25.5 Å². The highest BCUT2D eigenvalue weighted by Gasteiger charge is 2.17. The van der Waals surface area contributed by atoms with Crippen molar-refractivity contribution in [3.63, 3.8) is 0 Å². The maximum absolute atomic E-state index is 11.9. The topological polar surface area (TPSA) is 73.7 Å². The molecule has 16 heavy (non-hydrogen) atoms. The molecule has 0 aliphatic carbocycles. The number of aliphatic hydroxyl groups excluding tert-OH is 2. The monoisotopic (exact) mass is 244 g/mol. The molecule has 1 aromatic rings. The van der Waals surface area contributed by atoms with Crippen LogP contribution in [0.1, 0.15) is 10.4 Å². The highest BCUT2D eigenvalue weighted by Crippen LogP contribution is 2.15. The summed E-state index contributed by atoms with van der Waals surface area (Å²) in [7, 11) is 0. The first kappa shape index (κ1) is 12.9. The van der Waals surface area contributed by atoms with Gasteiger partial charge >= 0.3 is 0 Å². The Labute approximate surface area is 98.3 Å². The van der Waals surface area contributed by atoms with Gasteiger partial charge in [-0.05, 0) is 6.07 Å². The van der Waals surface area contributed by atoms with Gasteiger partial charge in [0.1, 0.15) is 0 Å². The molecule has 0 radical (unpaired) electrons. The van der Waals surface area contributed by atoms with Crippen molar-refractivity contribution in [3.8, 4) is 0 Å². The number of carbonyl (C=O) groups excluding carboxylic acids is 1. The number of aliphatic hydroxyl groups is 2. The summed E-state index contributed by atoms with van der Waals surface area (Å²) in [6, 6.07) is 1.52. The molecule has 0 saturated heterocycles. The fourth-order valence-electron chi connectivity index (χ4n) is 1.26. The maximum Gasteiger partial charge on any atom is 0.257 e. The van der Waals surface area contributed by atoms with Crippen molar-refractivity contribution in [1.82, 2.24) is 9.88 Å². The Morgan fingerprint density at radius 3 is 2.50 bits per heavy atom. The van der Waals surface area contributed by atoms with Gasteiger partial charge in [-0.3, -0.25) is 9.78 Å². The molecule has 1 rings (SSSR count). The molecule has 0 atom stereocenters. The largest absolute Gasteiger partial charge is 0.395 e. The van der Waals surface area contributed by atoms with Crippen molar-refractivity contribution >= 4 is 17.5 Å². The molecule has 0 aliphatic heterocycles. The van der Waals surface area contributed by atoms with E-state index in [1.165, 1.54) is 23.4 Å². The van der Waals surface area contributed by atoms with Gasteiger partial charge in [-0.1, -0.05) is 11.6 Å². The van der Waals surface area contributed by atoms with Crippen molar-refractivity contribution in [2.45, 2.75) is 0 Å². The molecule has 6 heteroatoms. The van der Waals surface area contributed by atoms with Crippen molar-refractivity contribution in [1.29, 1.82) is 0 Å². The van der Waals surface area contributed by atoms with E-state index in [0.29, 0.717) is 5.02 Å². The fraction of sp³-hybridized carbons (Fsp3) is 0.400. The average Bonchev–Trinajstić information content (AvgIpc) is 2.28. The van der Waals surface area contributed by atoms with Gasteiger partial charge in [-0.2, -0.15) is 0 Å². The number of nitrogens with zero attached hydrogens (tertiary/aromatic N) is 2. The zero-order chi connectivity index (χ0) is 12.0. The van der Waals surface area contributed by atoms with Crippen LogP contribution in [0.4, 0.5) is 0 Å². The minimum Gasteiger partial charge on any atom is -0.395 e. The van der Waals surface area contributed by atoms with Crippen molar-refractivity contribution < 1.29 is 15.0 Å². The van der Waals surface area contributed by atoms with Crippen LogP contribution in [0.5, 0.6) is 0 Å². The van der Waals surface area contributed by atoms with Crippen LogP contribution in [0, 0.1) is 0 Å². The number of pyridine rings is 1. The Morgan fingerprint density at radius 2 is 2.00 bits per heavy atom. The van der Waals surface area contributed by atoms with Crippen LogP contribution in [-0.4, -0.2) is 52.3 Å². The lowest BCUT2D eigenvalue weighted by molar-refractivity contribution is 0.0684. The summed E-state index contributed by atoms with van der Waals surface area (Å²) in [5.41, 5.74) is 0.270. The number of aromatic nitrogens is 1. The summed E-state index contributed by atoms with van der Waals surface area (Å²) in [5.74, 6) is -0.346. The summed E-state index contributed by atoms with van der Waals surface area (Å²) >= 11 is 5.85. The lowest BCUT2D eigenvalue weighted by Gasteiger charge is -2.20. The molecule has 5 nitrogen and oxygen atoms in total. The number of carbonyl (C=O) groups is 1. The van der Waals surface area contributed by atoms with Gasteiger partial charge in [0.15, 0.2) is 0 Å². The standard InChI is InChI=1S/C10H13ClN2O3/c11-9-1-2-12-7-8(9)10(16)13(3-5-14)4-6-15/h1-2,7,14-15H,3-6H2. The second-order valence-electron chi connectivity index (χ2n) is 3.09. The van der Waals surface area contributed by atoms with E-state index >= 15 is 0 Å². The molecule has 0 bridgehead atoms. The molecule has 2 N–H and O–H groups in total. The maximum atomic E-state index is 11.9. The molecular formula is C10H13ClN2O3. The number of hydrogen-bond donors (Lipinski definition) is 2. The summed E-state index contributed by atoms with van der Waals surface area (Å²) in [5, 5.41) is 17.9. The Bertz CT molecular complexity index is 354. The van der Waals surface area contributed by atoms with Gasteiger partial charge < -0.3 is 15.1 Å². The van der Waals surface area contributed by atoms with Crippen molar-refractivity contribution in [3.05, 3.63) is 29.0 Å². The number of halogens is 1. The molecule has 1 aromatic heterocycles. The predicted octanol–water partition coefficient (Wildman–Crippen LogP) is 0.162. The summed E-state index contributed by atoms with van der Waals surface area (Å²) < 4.78 is 0. The third-order valence-electron chi connectivity index (χ3n) is 2.03. The van der Waals surface area contributed by atoms with E-state index in [9.17, 15) is 4.79 Å². The van der Waals surface area contributed by atoms with E-state index in [2.05, 4.69) is 4.98 Å². The van der Waals surface area contributed by atoms with E-state index in [4.69, 9.17) is 21.8 Å². The molecule has 88 valence electrons. The highest BCUT2D eigenvalue weighted by molar-refractivity contribution is 6.33. The van der Waals surface area contributed by atoms with E-state index in [1.54, 1.807) is 0 Å². The van der Waals surface area contributed by atoms with Crippen LogP contribution < -0.4 is 0 Å². The van der Waals surface area contributed by atoms with Crippen molar-refractivity contribution in [2.24, 2.45) is 0 Å².